The van der Waals surface area contributed by atoms with E-state index in [1.54, 1.807) is 0 Å². The summed E-state index contributed by atoms with van der Waals surface area (Å²) in [6.07, 6.45) is 5.47. The van der Waals surface area contributed by atoms with Gasteiger partial charge in [-0.3, -0.25) is 4.79 Å². The van der Waals surface area contributed by atoms with Crippen LogP contribution in [0.5, 0.6) is 5.75 Å². The second-order valence-corrected chi connectivity index (χ2v) is 7.82. The van der Waals surface area contributed by atoms with E-state index in [0.29, 0.717) is 0 Å². The Morgan fingerprint density at radius 3 is 2.68 bits per heavy atom. The number of rotatable bonds is 2. The minimum absolute atomic E-state index is 0.00544. The monoisotopic (exact) mass is 335 g/mol. The predicted molar refractivity (Wildman–Crippen MR) is 99.1 cm³/mol. The summed E-state index contributed by atoms with van der Waals surface area (Å²) in [4.78, 5) is 12.9. The van der Waals surface area contributed by atoms with E-state index in [0.717, 1.165) is 36.1 Å². The van der Waals surface area contributed by atoms with Crippen molar-refractivity contribution >= 4 is 5.91 Å². The number of ether oxygens (including phenoxy) is 1. The van der Waals surface area contributed by atoms with Gasteiger partial charge in [-0.05, 0) is 68.9 Å². The van der Waals surface area contributed by atoms with Crippen molar-refractivity contribution in [1.82, 2.24) is 5.32 Å². The SMILES string of the molecule is CC1(C)C[C@@H](NC(=O)c2ccc3c(c2)CCCC3)c2ccccc2O1. The zero-order valence-electron chi connectivity index (χ0n) is 15.0. The van der Waals surface area contributed by atoms with Crippen molar-refractivity contribution < 1.29 is 9.53 Å². The molecular weight excluding hydrogens is 310 g/mol. The second-order valence-electron chi connectivity index (χ2n) is 7.82. The number of nitrogens with one attached hydrogen (secondary N) is 1. The average Bonchev–Trinajstić information content (AvgIpc) is 2.60. The van der Waals surface area contributed by atoms with E-state index in [9.17, 15) is 4.79 Å². The summed E-state index contributed by atoms with van der Waals surface area (Å²) in [5.41, 5.74) is 4.28. The molecule has 0 fully saturated rings. The minimum atomic E-state index is -0.290. The quantitative estimate of drug-likeness (QED) is 0.871. The third kappa shape index (κ3) is 3.28. The average molecular weight is 335 g/mol. The van der Waals surface area contributed by atoms with E-state index in [2.05, 4.69) is 31.3 Å². The van der Waals surface area contributed by atoms with Gasteiger partial charge in [0.15, 0.2) is 0 Å². The normalized spacial score (nSPS) is 20.8. The third-order valence-corrected chi connectivity index (χ3v) is 5.29. The van der Waals surface area contributed by atoms with E-state index in [1.165, 1.54) is 24.0 Å². The Hall–Kier alpha value is -2.29. The Kier molecular flexibility index (Phi) is 4.03. The molecule has 0 bridgehead atoms. The fraction of sp³-hybridized carbons (Fsp3) is 0.409. The second kappa shape index (κ2) is 6.21. The summed E-state index contributed by atoms with van der Waals surface area (Å²) in [7, 11) is 0. The maximum absolute atomic E-state index is 12.9. The van der Waals surface area contributed by atoms with Gasteiger partial charge < -0.3 is 10.1 Å². The molecule has 0 aromatic heterocycles. The van der Waals surface area contributed by atoms with Crippen molar-refractivity contribution in [1.29, 1.82) is 0 Å². The van der Waals surface area contributed by atoms with Gasteiger partial charge >= 0.3 is 0 Å². The maximum atomic E-state index is 12.9. The number of benzene rings is 2. The maximum Gasteiger partial charge on any atom is 0.251 e. The molecule has 2 aliphatic rings. The van der Waals surface area contributed by atoms with E-state index in [4.69, 9.17) is 4.74 Å². The highest BCUT2D eigenvalue weighted by Crippen LogP contribution is 2.39. The fourth-order valence-corrected chi connectivity index (χ4v) is 4.05. The van der Waals surface area contributed by atoms with Crippen LogP contribution in [0.15, 0.2) is 42.5 Å². The van der Waals surface area contributed by atoms with Crippen LogP contribution in [0.25, 0.3) is 0 Å². The van der Waals surface area contributed by atoms with Crippen molar-refractivity contribution in [2.24, 2.45) is 0 Å². The third-order valence-electron chi connectivity index (χ3n) is 5.29. The summed E-state index contributed by atoms with van der Waals surface area (Å²) >= 11 is 0. The van der Waals surface area contributed by atoms with Gasteiger partial charge in [0.1, 0.15) is 11.4 Å². The lowest BCUT2D eigenvalue weighted by Crippen LogP contribution is -2.41. The molecule has 1 aliphatic heterocycles. The molecule has 130 valence electrons. The fourth-order valence-electron chi connectivity index (χ4n) is 4.05. The van der Waals surface area contributed by atoms with Crippen LogP contribution >= 0.6 is 0 Å². The van der Waals surface area contributed by atoms with Gasteiger partial charge in [0.05, 0.1) is 6.04 Å². The van der Waals surface area contributed by atoms with Crippen molar-refractivity contribution in [2.75, 3.05) is 0 Å². The molecule has 0 unspecified atom stereocenters. The van der Waals surface area contributed by atoms with Gasteiger partial charge in [-0.15, -0.1) is 0 Å². The number of para-hydroxylation sites is 1. The van der Waals surface area contributed by atoms with E-state index in [1.807, 2.05) is 30.3 Å². The lowest BCUT2D eigenvalue weighted by Gasteiger charge is -2.37. The summed E-state index contributed by atoms with van der Waals surface area (Å²) in [6, 6.07) is 14.2. The summed E-state index contributed by atoms with van der Waals surface area (Å²) < 4.78 is 6.06. The highest BCUT2D eigenvalue weighted by molar-refractivity contribution is 5.94. The van der Waals surface area contributed by atoms with Crippen LogP contribution in [0.4, 0.5) is 0 Å². The molecule has 0 saturated heterocycles. The standard InChI is InChI=1S/C22H25NO2/c1-22(2)14-19(18-9-5-6-10-20(18)25-22)23-21(24)17-12-11-15-7-3-4-8-16(15)13-17/h5-6,9-13,19H,3-4,7-8,14H2,1-2H3,(H,23,24)/t19-/m1/s1. The Labute approximate surface area is 149 Å². The topological polar surface area (TPSA) is 38.3 Å². The van der Waals surface area contributed by atoms with E-state index < -0.39 is 0 Å². The summed E-state index contributed by atoms with van der Waals surface area (Å²) in [6.45, 7) is 4.14. The first-order chi connectivity index (χ1) is 12.0. The van der Waals surface area contributed by atoms with Crippen molar-refractivity contribution in [2.45, 2.75) is 57.6 Å². The number of carbonyl (C=O) groups is 1. The van der Waals surface area contributed by atoms with Gasteiger partial charge in [0.25, 0.3) is 5.91 Å². The number of aryl methyl sites for hydroxylation is 2. The molecule has 2 aromatic rings. The Bertz CT molecular complexity index is 809. The molecule has 1 heterocycles. The summed E-state index contributed by atoms with van der Waals surface area (Å²) in [5, 5.41) is 3.23. The zero-order valence-corrected chi connectivity index (χ0v) is 15.0. The molecule has 3 nitrogen and oxygen atoms in total. The first-order valence-electron chi connectivity index (χ1n) is 9.22. The van der Waals surface area contributed by atoms with Crippen LogP contribution < -0.4 is 10.1 Å². The van der Waals surface area contributed by atoms with Crippen LogP contribution in [0.3, 0.4) is 0 Å². The van der Waals surface area contributed by atoms with Crippen LogP contribution in [0, 0.1) is 0 Å². The van der Waals surface area contributed by atoms with E-state index >= 15 is 0 Å². The molecule has 1 amide bonds. The lowest BCUT2D eigenvalue weighted by molar-refractivity contribution is 0.0619. The largest absolute Gasteiger partial charge is 0.487 e. The smallest absolute Gasteiger partial charge is 0.251 e. The minimum Gasteiger partial charge on any atom is -0.487 e. The van der Waals surface area contributed by atoms with Gasteiger partial charge in [-0.2, -0.15) is 0 Å². The lowest BCUT2D eigenvalue weighted by atomic mass is 9.88. The molecule has 0 spiro atoms. The zero-order chi connectivity index (χ0) is 17.4. The number of amides is 1. The van der Waals surface area contributed by atoms with Crippen LogP contribution in [0.2, 0.25) is 0 Å². The van der Waals surface area contributed by atoms with Gasteiger partial charge in [-0.1, -0.05) is 24.3 Å². The molecule has 3 heteroatoms. The molecule has 1 atom stereocenters. The number of hydrogen-bond acceptors (Lipinski definition) is 2. The number of carbonyl (C=O) groups excluding carboxylic acids is 1. The molecule has 1 N–H and O–H groups in total. The predicted octanol–water partition coefficient (Wildman–Crippen LogP) is 4.60. The Morgan fingerprint density at radius 2 is 1.84 bits per heavy atom. The highest BCUT2D eigenvalue weighted by Gasteiger charge is 2.34. The van der Waals surface area contributed by atoms with Crippen molar-refractivity contribution in [3.8, 4) is 5.75 Å². The van der Waals surface area contributed by atoms with Crippen molar-refractivity contribution in [3.63, 3.8) is 0 Å². The highest BCUT2D eigenvalue weighted by atomic mass is 16.5. The molecule has 0 saturated carbocycles. The molecule has 2 aromatic carbocycles. The first kappa shape index (κ1) is 16.2. The van der Waals surface area contributed by atoms with Crippen LogP contribution in [0.1, 0.15) is 66.2 Å². The summed E-state index contributed by atoms with van der Waals surface area (Å²) in [5.74, 6) is 0.875. The van der Waals surface area contributed by atoms with Crippen LogP contribution in [-0.4, -0.2) is 11.5 Å². The van der Waals surface area contributed by atoms with Crippen molar-refractivity contribution in [3.05, 3.63) is 64.7 Å². The first-order valence-corrected chi connectivity index (χ1v) is 9.22. The molecule has 4 rings (SSSR count). The Balaban J connectivity index is 1.58. The van der Waals surface area contributed by atoms with Gasteiger partial charge in [0.2, 0.25) is 0 Å². The molecule has 25 heavy (non-hydrogen) atoms. The molecule has 0 radical (unpaired) electrons. The Morgan fingerprint density at radius 1 is 1.08 bits per heavy atom. The number of fused-ring (bicyclic) bond motifs is 2. The number of hydrogen-bond donors (Lipinski definition) is 1. The van der Waals surface area contributed by atoms with Gasteiger partial charge in [0, 0.05) is 17.5 Å². The van der Waals surface area contributed by atoms with E-state index in [-0.39, 0.29) is 17.6 Å². The van der Waals surface area contributed by atoms with Gasteiger partial charge in [-0.25, -0.2) is 0 Å². The molecule has 1 aliphatic carbocycles. The van der Waals surface area contributed by atoms with Crippen LogP contribution in [-0.2, 0) is 12.8 Å². The molecular formula is C22H25NO2.